The topological polar surface area (TPSA) is 44.1 Å². The van der Waals surface area contributed by atoms with E-state index in [0.717, 1.165) is 43.3 Å². The fraction of sp³-hybridized carbons (Fsp3) is 0.429. The second-order valence-corrected chi connectivity index (χ2v) is 4.50. The van der Waals surface area contributed by atoms with Crippen molar-refractivity contribution in [1.29, 1.82) is 5.26 Å². The minimum atomic E-state index is -0.00362. The number of carbonyl (C=O) groups excluding carboxylic acids is 1. The van der Waals surface area contributed by atoms with Crippen LogP contribution in [0, 0.1) is 18.3 Å². The molecule has 1 aliphatic heterocycles. The molecule has 3 heteroatoms. The SMILES string of the molecule is Cc1cc(N2CCCCC2C=O)ccc1C#N. The van der Waals surface area contributed by atoms with Gasteiger partial charge < -0.3 is 9.69 Å². The Morgan fingerprint density at radius 1 is 1.47 bits per heavy atom. The average Bonchev–Trinajstić information content (AvgIpc) is 2.38. The first-order valence-electron chi connectivity index (χ1n) is 5.99. The van der Waals surface area contributed by atoms with Gasteiger partial charge in [-0.2, -0.15) is 5.26 Å². The molecule has 0 saturated carbocycles. The third kappa shape index (κ3) is 2.31. The molecule has 2 rings (SSSR count). The van der Waals surface area contributed by atoms with Gasteiger partial charge in [0.15, 0.2) is 0 Å². The summed E-state index contributed by atoms with van der Waals surface area (Å²) in [5.74, 6) is 0. The summed E-state index contributed by atoms with van der Waals surface area (Å²) in [6.07, 6.45) is 4.22. The molecule has 0 bridgehead atoms. The summed E-state index contributed by atoms with van der Waals surface area (Å²) in [7, 11) is 0. The van der Waals surface area contributed by atoms with Gasteiger partial charge in [0.2, 0.25) is 0 Å². The van der Waals surface area contributed by atoms with Crippen molar-refractivity contribution >= 4 is 12.0 Å². The lowest BCUT2D eigenvalue weighted by atomic mass is 10.0. The zero-order chi connectivity index (χ0) is 12.3. The number of rotatable bonds is 2. The zero-order valence-electron chi connectivity index (χ0n) is 10.0. The molecule has 0 spiro atoms. The molecule has 0 amide bonds. The lowest BCUT2D eigenvalue weighted by Crippen LogP contribution is -2.40. The fourth-order valence-electron chi connectivity index (χ4n) is 2.37. The molecule has 1 unspecified atom stereocenters. The van der Waals surface area contributed by atoms with Crippen LogP contribution < -0.4 is 4.90 Å². The predicted octanol–water partition coefficient (Wildman–Crippen LogP) is 2.42. The maximum atomic E-state index is 11.1. The molecule has 0 aliphatic carbocycles. The minimum Gasteiger partial charge on any atom is -0.362 e. The largest absolute Gasteiger partial charge is 0.362 e. The molecular formula is C14H16N2O. The van der Waals surface area contributed by atoms with Crippen molar-refractivity contribution in [3.05, 3.63) is 29.3 Å². The van der Waals surface area contributed by atoms with Crippen molar-refractivity contribution < 1.29 is 4.79 Å². The Balaban J connectivity index is 2.29. The van der Waals surface area contributed by atoms with Gasteiger partial charge in [-0.3, -0.25) is 0 Å². The van der Waals surface area contributed by atoms with Gasteiger partial charge in [0.1, 0.15) is 6.29 Å². The van der Waals surface area contributed by atoms with E-state index in [-0.39, 0.29) is 6.04 Å². The number of benzene rings is 1. The van der Waals surface area contributed by atoms with E-state index in [1.165, 1.54) is 0 Å². The van der Waals surface area contributed by atoms with Crippen LogP contribution in [0.3, 0.4) is 0 Å². The van der Waals surface area contributed by atoms with Crippen LogP contribution in [0.2, 0.25) is 0 Å². The first-order chi connectivity index (χ1) is 8.26. The van der Waals surface area contributed by atoms with Crippen molar-refractivity contribution in [2.75, 3.05) is 11.4 Å². The van der Waals surface area contributed by atoms with Gasteiger partial charge in [-0.1, -0.05) is 0 Å². The molecule has 17 heavy (non-hydrogen) atoms. The third-order valence-electron chi connectivity index (χ3n) is 3.37. The van der Waals surface area contributed by atoms with E-state index in [4.69, 9.17) is 5.26 Å². The number of nitriles is 1. The maximum absolute atomic E-state index is 11.1. The third-order valence-corrected chi connectivity index (χ3v) is 3.37. The van der Waals surface area contributed by atoms with Gasteiger partial charge in [0, 0.05) is 12.2 Å². The summed E-state index contributed by atoms with van der Waals surface area (Å²) >= 11 is 0. The molecule has 1 aliphatic rings. The van der Waals surface area contributed by atoms with Crippen molar-refractivity contribution in [3.63, 3.8) is 0 Å². The number of aryl methyl sites for hydroxylation is 1. The lowest BCUT2D eigenvalue weighted by Gasteiger charge is -2.34. The number of aldehydes is 1. The zero-order valence-corrected chi connectivity index (χ0v) is 10.0. The highest BCUT2D eigenvalue weighted by Crippen LogP contribution is 2.25. The Morgan fingerprint density at radius 2 is 2.29 bits per heavy atom. The first-order valence-corrected chi connectivity index (χ1v) is 5.99. The van der Waals surface area contributed by atoms with Crippen LogP contribution in [0.4, 0.5) is 5.69 Å². The van der Waals surface area contributed by atoms with E-state index in [1.54, 1.807) is 0 Å². The van der Waals surface area contributed by atoms with Crippen LogP contribution in [0.15, 0.2) is 18.2 Å². The molecule has 0 radical (unpaired) electrons. The van der Waals surface area contributed by atoms with Crippen LogP contribution in [-0.2, 0) is 4.79 Å². The first kappa shape index (κ1) is 11.7. The van der Waals surface area contributed by atoms with Crippen LogP contribution in [0.25, 0.3) is 0 Å². The molecule has 0 aromatic heterocycles. The molecule has 1 aromatic rings. The van der Waals surface area contributed by atoms with Crippen molar-refractivity contribution in [1.82, 2.24) is 0 Å². The Hall–Kier alpha value is -1.82. The van der Waals surface area contributed by atoms with Gasteiger partial charge in [-0.15, -0.1) is 0 Å². The number of anilines is 1. The van der Waals surface area contributed by atoms with Crippen molar-refractivity contribution in [2.45, 2.75) is 32.2 Å². The second kappa shape index (κ2) is 5.01. The van der Waals surface area contributed by atoms with Gasteiger partial charge in [-0.25, -0.2) is 0 Å². The Labute approximate surface area is 102 Å². The smallest absolute Gasteiger partial charge is 0.142 e. The Bertz CT molecular complexity index is 462. The second-order valence-electron chi connectivity index (χ2n) is 4.50. The molecule has 1 fully saturated rings. The summed E-state index contributed by atoms with van der Waals surface area (Å²) in [5.41, 5.74) is 2.73. The Kier molecular flexibility index (Phi) is 3.43. The van der Waals surface area contributed by atoms with E-state index in [1.807, 2.05) is 25.1 Å². The van der Waals surface area contributed by atoms with Crippen molar-refractivity contribution in [3.8, 4) is 6.07 Å². The highest BCUT2D eigenvalue weighted by Gasteiger charge is 2.22. The standard InChI is InChI=1S/C14H16N2O/c1-11-8-13(6-5-12(11)9-15)16-7-3-2-4-14(16)10-17/h5-6,8,10,14H,2-4,7H2,1H3. The summed E-state index contributed by atoms with van der Waals surface area (Å²) in [5, 5.41) is 8.90. The number of hydrogen-bond donors (Lipinski definition) is 0. The quantitative estimate of drug-likeness (QED) is 0.730. The monoisotopic (exact) mass is 228 g/mol. The van der Waals surface area contributed by atoms with Gasteiger partial charge in [0.25, 0.3) is 0 Å². The van der Waals surface area contributed by atoms with Crippen LogP contribution >= 0.6 is 0 Å². The maximum Gasteiger partial charge on any atom is 0.142 e. The van der Waals surface area contributed by atoms with Gasteiger partial charge >= 0.3 is 0 Å². The summed E-state index contributed by atoms with van der Waals surface area (Å²) < 4.78 is 0. The molecule has 0 N–H and O–H groups in total. The summed E-state index contributed by atoms with van der Waals surface area (Å²) in [6, 6.07) is 7.93. The van der Waals surface area contributed by atoms with Gasteiger partial charge in [0.05, 0.1) is 17.7 Å². The van der Waals surface area contributed by atoms with Crippen LogP contribution in [0.5, 0.6) is 0 Å². The number of hydrogen-bond acceptors (Lipinski definition) is 3. The lowest BCUT2D eigenvalue weighted by molar-refractivity contribution is -0.109. The average molecular weight is 228 g/mol. The highest BCUT2D eigenvalue weighted by molar-refractivity contribution is 5.67. The van der Waals surface area contributed by atoms with Crippen LogP contribution in [-0.4, -0.2) is 18.9 Å². The normalized spacial score (nSPS) is 19.8. The number of nitrogens with zero attached hydrogens (tertiary/aromatic N) is 2. The van der Waals surface area contributed by atoms with E-state index >= 15 is 0 Å². The molecule has 88 valence electrons. The molecule has 1 aromatic carbocycles. The molecule has 1 atom stereocenters. The minimum absolute atomic E-state index is 0.00362. The highest BCUT2D eigenvalue weighted by atomic mass is 16.1. The molecule has 1 saturated heterocycles. The summed E-state index contributed by atoms with van der Waals surface area (Å²) in [4.78, 5) is 13.2. The van der Waals surface area contributed by atoms with Crippen molar-refractivity contribution in [2.24, 2.45) is 0 Å². The molecular weight excluding hydrogens is 212 g/mol. The van der Waals surface area contributed by atoms with E-state index < -0.39 is 0 Å². The predicted molar refractivity (Wildman–Crippen MR) is 66.9 cm³/mol. The van der Waals surface area contributed by atoms with Crippen LogP contribution in [0.1, 0.15) is 30.4 Å². The van der Waals surface area contributed by atoms with E-state index in [2.05, 4.69) is 11.0 Å². The van der Waals surface area contributed by atoms with E-state index in [0.29, 0.717) is 5.56 Å². The number of piperidine rings is 1. The number of carbonyl (C=O) groups is 1. The molecule has 1 heterocycles. The summed E-state index contributed by atoms with van der Waals surface area (Å²) in [6.45, 7) is 2.86. The van der Waals surface area contributed by atoms with Gasteiger partial charge in [-0.05, 0) is 49.9 Å². The fourth-order valence-corrected chi connectivity index (χ4v) is 2.37. The molecule has 3 nitrogen and oxygen atoms in total. The Morgan fingerprint density at radius 3 is 2.94 bits per heavy atom. The van der Waals surface area contributed by atoms with E-state index in [9.17, 15) is 4.79 Å².